The van der Waals surface area contributed by atoms with Crippen LogP contribution in [0, 0.1) is 0 Å². The molecule has 0 aliphatic carbocycles. The summed E-state index contributed by atoms with van der Waals surface area (Å²) in [5, 5.41) is 7.46. The van der Waals surface area contributed by atoms with E-state index in [2.05, 4.69) is 15.4 Å². The first-order chi connectivity index (χ1) is 11.3. The zero-order chi connectivity index (χ0) is 16.1. The summed E-state index contributed by atoms with van der Waals surface area (Å²) in [5.41, 5.74) is 1.10. The largest absolute Gasteiger partial charge is 0.461 e. The maximum atomic E-state index is 12.2. The van der Waals surface area contributed by atoms with Crippen molar-refractivity contribution in [3.8, 4) is 11.6 Å². The van der Waals surface area contributed by atoms with Crippen LogP contribution in [-0.2, 0) is 6.54 Å². The summed E-state index contributed by atoms with van der Waals surface area (Å²) in [7, 11) is 0. The molecule has 0 amide bonds. The van der Waals surface area contributed by atoms with E-state index in [4.69, 9.17) is 4.42 Å². The topological polar surface area (TPSA) is 73.0 Å². The van der Waals surface area contributed by atoms with E-state index in [1.54, 1.807) is 18.4 Å². The van der Waals surface area contributed by atoms with E-state index in [0.29, 0.717) is 30.5 Å². The average molecular weight is 310 g/mol. The number of rotatable bonds is 6. The van der Waals surface area contributed by atoms with Gasteiger partial charge in [0.15, 0.2) is 5.76 Å². The van der Waals surface area contributed by atoms with Gasteiger partial charge < -0.3 is 9.73 Å². The molecular weight excluding hydrogens is 292 g/mol. The van der Waals surface area contributed by atoms with Crippen LogP contribution in [0.1, 0.15) is 30.1 Å². The maximum absolute atomic E-state index is 12.2. The molecule has 2 heterocycles. The molecule has 118 valence electrons. The molecule has 1 N–H and O–H groups in total. The number of furan rings is 1. The molecule has 0 bridgehead atoms. The van der Waals surface area contributed by atoms with Crippen LogP contribution in [0.4, 0.5) is 5.95 Å². The number of carbonyl (C=O) groups excluding carboxylic acids is 1. The molecule has 0 aliphatic rings. The van der Waals surface area contributed by atoms with Crippen LogP contribution in [-0.4, -0.2) is 20.7 Å². The Bertz CT molecular complexity index is 763. The van der Waals surface area contributed by atoms with Crippen LogP contribution in [0.5, 0.6) is 0 Å². The highest BCUT2D eigenvalue weighted by Crippen LogP contribution is 2.19. The summed E-state index contributed by atoms with van der Waals surface area (Å²) < 4.78 is 6.64. The van der Waals surface area contributed by atoms with Gasteiger partial charge in [0.05, 0.1) is 6.26 Å². The first-order valence-corrected chi connectivity index (χ1v) is 7.60. The fourth-order valence-electron chi connectivity index (χ4n) is 2.21. The molecule has 3 rings (SSSR count). The monoisotopic (exact) mass is 310 g/mol. The lowest BCUT2D eigenvalue weighted by atomic mass is 10.2. The van der Waals surface area contributed by atoms with Gasteiger partial charge in [-0.25, -0.2) is 0 Å². The van der Waals surface area contributed by atoms with E-state index in [1.807, 2.05) is 37.3 Å². The first kappa shape index (κ1) is 15.0. The number of carbonyl (C=O) groups is 1. The summed E-state index contributed by atoms with van der Waals surface area (Å²) in [5.74, 6) is 1.28. The van der Waals surface area contributed by atoms with Gasteiger partial charge in [0.2, 0.25) is 17.7 Å². The molecule has 0 atom stereocenters. The first-order valence-electron chi connectivity index (χ1n) is 7.60. The van der Waals surface area contributed by atoms with Crippen LogP contribution in [0.15, 0.2) is 53.1 Å². The molecule has 6 nitrogen and oxygen atoms in total. The second kappa shape index (κ2) is 6.91. The Labute approximate surface area is 134 Å². The van der Waals surface area contributed by atoms with E-state index in [9.17, 15) is 4.79 Å². The van der Waals surface area contributed by atoms with Crippen molar-refractivity contribution in [2.45, 2.75) is 26.3 Å². The van der Waals surface area contributed by atoms with Crippen molar-refractivity contribution in [2.75, 3.05) is 5.32 Å². The Kier molecular flexibility index (Phi) is 4.52. The van der Waals surface area contributed by atoms with Crippen molar-refractivity contribution in [3.63, 3.8) is 0 Å². The molecule has 0 fully saturated rings. The predicted octanol–water partition coefficient (Wildman–Crippen LogP) is 3.59. The number of aromatic nitrogens is 3. The van der Waals surface area contributed by atoms with Crippen molar-refractivity contribution in [3.05, 3.63) is 54.3 Å². The fourth-order valence-corrected chi connectivity index (χ4v) is 2.21. The van der Waals surface area contributed by atoms with E-state index in [1.165, 1.54) is 4.68 Å². The fraction of sp³-hybridized carbons (Fsp3) is 0.235. The normalized spacial score (nSPS) is 10.7. The molecule has 0 unspecified atom stereocenters. The molecule has 3 aromatic rings. The zero-order valence-electron chi connectivity index (χ0n) is 12.9. The van der Waals surface area contributed by atoms with Crippen molar-refractivity contribution < 1.29 is 9.21 Å². The molecule has 6 heteroatoms. The minimum atomic E-state index is -0.0895. The minimum Gasteiger partial charge on any atom is -0.461 e. The number of anilines is 1. The summed E-state index contributed by atoms with van der Waals surface area (Å²) in [6.45, 7) is 2.52. The van der Waals surface area contributed by atoms with Gasteiger partial charge in [0, 0.05) is 13.0 Å². The molecule has 0 spiro atoms. The number of nitrogens with zero attached hydrogens (tertiary/aromatic N) is 3. The highest BCUT2D eigenvalue weighted by Gasteiger charge is 2.17. The highest BCUT2D eigenvalue weighted by atomic mass is 16.3. The highest BCUT2D eigenvalue weighted by molar-refractivity contribution is 5.81. The summed E-state index contributed by atoms with van der Waals surface area (Å²) in [6.07, 6.45) is 2.73. The van der Waals surface area contributed by atoms with Gasteiger partial charge in [-0.2, -0.15) is 9.67 Å². The van der Waals surface area contributed by atoms with E-state index >= 15 is 0 Å². The van der Waals surface area contributed by atoms with Crippen LogP contribution in [0.25, 0.3) is 11.6 Å². The molecular formula is C17H18N4O2. The third-order valence-electron chi connectivity index (χ3n) is 3.34. The molecule has 0 saturated carbocycles. The number of benzene rings is 1. The Morgan fingerprint density at radius 1 is 1.22 bits per heavy atom. The molecule has 0 saturated heterocycles. The van der Waals surface area contributed by atoms with Gasteiger partial charge in [-0.3, -0.25) is 4.79 Å². The number of nitrogens with one attached hydrogen (secondary N) is 1. The molecule has 2 aromatic heterocycles. The van der Waals surface area contributed by atoms with Crippen LogP contribution in [0.3, 0.4) is 0 Å². The quantitative estimate of drug-likeness (QED) is 0.753. The van der Waals surface area contributed by atoms with Crippen molar-refractivity contribution in [2.24, 2.45) is 0 Å². The SMILES string of the molecule is CCCC(=O)n1nc(-c2ccco2)nc1NCc1ccccc1. The van der Waals surface area contributed by atoms with Gasteiger partial charge in [-0.05, 0) is 24.1 Å². The molecule has 23 heavy (non-hydrogen) atoms. The summed E-state index contributed by atoms with van der Waals surface area (Å²) in [6, 6.07) is 13.5. The minimum absolute atomic E-state index is 0.0895. The third-order valence-corrected chi connectivity index (χ3v) is 3.34. The molecule has 1 aromatic carbocycles. The van der Waals surface area contributed by atoms with E-state index in [-0.39, 0.29) is 5.91 Å². The van der Waals surface area contributed by atoms with Gasteiger partial charge in [0.25, 0.3) is 0 Å². The molecule has 0 radical (unpaired) electrons. The Morgan fingerprint density at radius 3 is 2.74 bits per heavy atom. The van der Waals surface area contributed by atoms with Gasteiger partial charge in [0.1, 0.15) is 0 Å². The summed E-state index contributed by atoms with van der Waals surface area (Å²) in [4.78, 5) is 16.6. The number of hydrogen-bond donors (Lipinski definition) is 1. The smallest absolute Gasteiger partial charge is 0.250 e. The Balaban J connectivity index is 1.85. The molecule has 0 aliphatic heterocycles. The second-order valence-electron chi connectivity index (χ2n) is 5.13. The Hall–Kier alpha value is -2.89. The maximum Gasteiger partial charge on any atom is 0.250 e. The van der Waals surface area contributed by atoms with Crippen LogP contribution in [0.2, 0.25) is 0 Å². The second-order valence-corrected chi connectivity index (χ2v) is 5.13. The number of hydrogen-bond acceptors (Lipinski definition) is 5. The van der Waals surface area contributed by atoms with E-state index in [0.717, 1.165) is 12.0 Å². The van der Waals surface area contributed by atoms with Crippen molar-refractivity contribution in [1.82, 2.24) is 14.8 Å². The lowest BCUT2D eigenvalue weighted by Gasteiger charge is -2.06. The average Bonchev–Trinajstić information content (AvgIpc) is 3.23. The zero-order valence-corrected chi connectivity index (χ0v) is 12.9. The predicted molar refractivity (Wildman–Crippen MR) is 87.0 cm³/mol. The van der Waals surface area contributed by atoms with Crippen molar-refractivity contribution >= 4 is 11.9 Å². The Morgan fingerprint density at radius 2 is 2.04 bits per heavy atom. The van der Waals surface area contributed by atoms with Gasteiger partial charge in [-0.1, -0.05) is 37.3 Å². The third kappa shape index (κ3) is 3.48. The van der Waals surface area contributed by atoms with Gasteiger partial charge in [-0.15, -0.1) is 5.10 Å². The van der Waals surface area contributed by atoms with Crippen LogP contribution < -0.4 is 5.32 Å². The lowest BCUT2D eigenvalue weighted by Crippen LogP contribution is -2.16. The van der Waals surface area contributed by atoms with Crippen molar-refractivity contribution in [1.29, 1.82) is 0 Å². The van der Waals surface area contributed by atoms with Gasteiger partial charge >= 0.3 is 0 Å². The summed E-state index contributed by atoms with van der Waals surface area (Å²) >= 11 is 0. The van der Waals surface area contributed by atoms with E-state index < -0.39 is 0 Å². The lowest BCUT2D eigenvalue weighted by molar-refractivity contribution is 0.0888. The van der Waals surface area contributed by atoms with Crippen LogP contribution >= 0.6 is 0 Å². The standard InChI is InChI=1S/C17H18N4O2/c1-2-7-15(22)21-17(18-12-13-8-4-3-5-9-13)19-16(20-21)14-10-6-11-23-14/h3-6,8-11H,2,7,12H2,1H3,(H,18,19,20).